The molecule has 2 aromatic rings. The smallest absolute Gasteiger partial charge is 0.407 e. The summed E-state index contributed by atoms with van der Waals surface area (Å²) in [6.45, 7) is 7.26. The van der Waals surface area contributed by atoms with Gasteiger partial charge in [-0.3, -0.25) is 4.79 Å². The van der Waals surface area contributed by atoms with Crippen LogP contribution in [0, 0.1) is 8.99 Å². The van der Waals surface area contributed by atoms with Crippen molar-refractivity contribution in [2.75, 3.05) is 11.9 Å². The van der Waals surface area contributed by atoms with Crippen LogP contribution in [0.3, 0.4) is 0 Å². The number of alkyl carbamates (subject to hydrolysis) is 1. The molecule has 0 saturated heterocycles. The number of alkyl halides is 1. The standard InChI is InChI=1S/C26H33BrINO3/c1-25(2,16-17-32-24(31)29-19-20-8-5-4-6-9-20)14-7-15-26(3,23(30)18-27)21-10-12-22(28)13-11-21/h4-6,8-13H,7,14-19H2,1-3H3,(H,29,31). The fraction of sp³-hybridized carbons (Fsp3) is 0.462. The summed E-state index contributed by atoms with van der Waals surface area (Å²) in [5, 5.41) is 3.14. The lowest BCUT2D eigenvalue weighted by Crippen LogP contribution is -2.34. The zero-order valence-electron chi connectivity index (χ0n) is 19.1. The number of hydrogen-bond donors (Lipinski definition) is 1. The van der Waals surface area contributed by atoms with Crippen molar-refractivity contribution in [2.45, 2.75) is 58.4 Å². The van der Waals surface area contributed by atoms with Gasteiger partial charge in [-0.05, 0) is 77.5 Å². The van der Waals surface area contributed by atoms with Gasteiger partial charge in [0, 0.05) is 10.1 Å². The Hall–Kier alpha value is -1.41. The van der Waals surface area contributed by atoms with Crippen molar-refractivity contribution in [3.8, 4) is 0 Å². The molecule has 2 rings (SSSR count). The summed E-state index contributed by atoms with van der Waals surface area (Å²) in [4.78, 5) is 24.7. The summed E-state index contributed by atoms with van der Waals surface area (Å²) in [5.41, 5.74) is 1.62. The number of nitrogens with one attached hydrogen (secondary N) is 1. The van der Waals surface area contributed by atoms with E-state index in [1.54, 1.807) is 0 Å². The van der Waals surface area contributed by atoms with Gasteiger partial charge >= 0.3 is 6.09 Å². The Balaban J connectivity index is 1.79. The van der Waals surface area contributed by atoms with Gasteiger partial charge in [-0.1, -0.05) is 78.7 Å². The van der Waals surface area contributed by atoms with Crippen molar-refractivity contribution >= 4 is 50.4 Å². The van der Waals surface area contributed by atoms with E-state index in [4.69, 9.17) is 4.74 Å². The zero-order chi connectivity index (χ0) is 23.6. The Morgan fingerprint density at radius 2 is 1.62 bits per heavy atom. The second kappa shape index (κ2) is 12.7. The van der Waals surface area contributed by atoms with Crippen LogP contribution in [-0.4, -0.2) is 23.8 Å². The van der Waals surface area contributed by atoms with Gasteiger partial charge in [-0.2, -0.15) is 0 Å². The number of rotatable bonds is 12. The van der Waals surface area contributed by atoms with Gasteiger partial charge in [0.1, 0.15) is 0 Å². The fourth-order valence-electron chi connectivity index (χ4n) is 3.70. The van der Waals surface area contributed by atoms with Gasteiger partial charge in [-0.25, -0.2) is 4.79 Å². The molecule has 1 amide bonds. The first-order valence-electron chi connectivity index (χ1n) is 11.0. The van der Waals surface area contributed by atoms with Gasteiger partial charge in [0.15, 0.2) is 5.78 Å². The molecule has 0 radical (unpaired) electrons. The molecule has 1 unspecified atom stereocenters. The molecule has 0 aliphatic carbocycles. The van der Waals surface area contributed by atoms with E-state index in [1.165, 1.54) is 0 Å². The first-order chi connectivity index (χ1) is 15.2. The normalized spacial score (nSPS) is 13.3. The highest BCUT2D eigenvalue weighted by Gasteiger charge is 2.34. The number of amides is 1. The number of carbonyl (C=O) groups is 2. The minimum Gasteiger partial charge on any atom is -0.450 e. The summed E-state index contributed by atoms with van der Waals surface area (Å²) in [7, 11) is 0. The topological polar surface area (TPSA) is 55.4 Å². The van der Waals surface area contributed by atoms with E-state index in [2.05, 4.69) is 82.0 Å². The molecule has 0 aliphatic rings. The van der Waals surface area contributed by atoms with Crippen molar-refractivity contribution in [1.82, 2.24) is 5.32 Å². The maximum absolute atomic E-state index is 12.8. The second-order valence-corrected chi connectivity index (χ2v) is 10.9. The Morgan fingerprint density at radius 1 is 0.969 bits per heavy atom. The molecule has 0 heterocycles. The second-order valence-electron chi connectivity index (χ2n) is 9.14. The van der Waals surface area contributed by atoms with Crippen LogP contribution in [-0.2, 0) is 21.5 Å². The molecule has 0 bridgehead atoms. The van der Waals surface area contributed by atoms with E-state index >= 15 is 0 Å². The molecule has 0 aromatic heterocycles. The van der Waals surface area contributed by atoms with Crippen LogP contribution in [0.5, 0.6) is 0 Å². The molecule has 0 saturated carbocycles. The third-order valence-corrected chi connectivity index (χ3v) is 7.27. The monoisotopic (exact) mass is 613 g/mol. The summed E-state index contributed by atoms with van der Waals surface area (Å²) in [6.07, 6.45) is 3.06. The number of ketones is 1. The minimum absolute atomic E-state index is 0.0180. The maximum atomic E-state index is 12.8. The summed E-state index contributed by atoms with van der Waals surface area (Å²) in [5.74, 6) is 0.204. The van der Waals surface area contributed by atoms with Crippen molar-refractivity contribution in [3.05, 3.63) is 69.3 Å². The number of carbonyl (C=O) groups excluding carboxylic acids is 2. The van der Waals surface area contributed by atoms with Crippen LogP contribution in [0.4, 0.5) is 4.79 Å². The predicted molar refractivity (Wildman–Crippen MR) is 142 cm³/mol. The maximum Gasteiger partial charge on any atom is 0.407 e. The Bertz CT molecular complexity index is 870. The molecular formula is C26H33BrINO3. The van der Waals surface area contributed by atoms with Crippen LogP contribution in [0.2, 0.25) is 0 Å². The third kappa shape index (κ3) is 8.50. The van der Waals surface area contributed by atoms with Crippen LogP contribution in [0.1, 0.15) is 57.6 Å². The van der Waals surface area contributed by atoms with Crippen LogP contribution in [0.25, 0.3) is 0 Å². The highest BCUT2D eigenvalue weighted by molar-refractivity contribution is 14.1. The largest absolute Gasteiger partial charge is 0.450 e. The first kappa shape index (κ1) is 26.8. The van der Waals surface area contributed by atoms with E-state index in [0.717, 1.165) is 40.4 Å². The van der Waals surface area contributed by atoms with E-state index in [-0.39, 0.29) is 17.3 Å². The fourth-order valence-corrected chi connectivity index (χ4v) is 4.67. The predicted octanol–water partition coefficient (Wildman–Crippen LogP) is 7.03. The van der Waals surface area contributed by atoms with Crippen molar-refractivity contribution in [3.63, 3.8) is 0 Å². The molecule has 0 aliphatic heterocycles. The Labute approximate surface area is 214 Å². The molecule has 2 aromatic carbocycles. The lowest BCUT2D eigenvalue weighted by atomic mass is 9.73. The first-order valence-corrected chi connectivity index (χ1v) is 13.2. The molecule has 174 valence electrons. The third-order valence-electron chi connectivity index (χ3n) is 6.04. The van der Waals surface area contributed by atoms with Crippen molar-refractivity contribution in [2.24, 2.45) is 5.41 Å². The van der Waals surface area contributed by atoms with E-state index in [0.29, 0.717) is 18.5 Å². The van der Waals surface area contributed by atoms with Gasteiger partial charge < -0.3 is 10.1 Å². The van der Waals surface area contributed by atoms with Gasteiger partial charge in [0.2, 0.25) is 0 Å². The van der Waals surface area contributed by atoms with Crippen molar-refractivity contribution in [1.29, 1.82) is 0 Å². The average Bonchev–Trinajstić information content (AvgIpc) is 2.77. The lowest BCUT2D eigenvalue weighted by Gasteiger charge is -2.31. The van der Waals surface area contributed by atoms with E-state index < -0.39 is 5.41 Å². The van der Waals surface area contributed by atoms with Gasteiger partial charge in [-0.15, -0.1) is 0 Å². The summed E-state index contributed by atoms with van der Waals surface area (Å²) < 4.78 is 6.53. The summed E-state index contributed by atoms with van der Waals surface area (Å²) >= 11 is 5.64. The Kier molecular flexibility index (Phi) is 10.7. The quantitative estimate of drug-likeness (QED) is 0.207. The Morgan fingerprint density at radius 3 is 2.25 bits per heavy atom. The van der Waals surface area contributed by atoms with Gasteiger partial charge in [0.05, 0.1) is 17.4 Å². The lowest BCUT2D eigenvalue weighted by molar-refractivity contribution is -0.121. The number of Topliss-reactive ketones (excluding diaryl/α,β-unsaturated/α-hetero) is 1. The highest BCUT2D eigenvalue weighted by atomic mass is 127. The molecule has 32 heavy (non-hydrogen) atoms. The molecular weight excluding hydrogens is 581 g/mol. The van der Waals surface area contributed by atoms with Gasteiger partial charge in [0.25, 0.3) is 0 Å². The minimum atomic E-state index is -0.502. The van der Waals surface area contributed by atoms with E-state index in [1.807, 2.05) is 37.3 Å². The number of halogens is 2. The van der Waals surface area contributed by atoms with E-state index in [9.17, 15) is 9.59 Å². The molecule has 4 nitrogen and oxygen atoms in total. The molecule has 6 heteroatoms. The van der Waals surface area contributed by atoms with Crippen LogP contribution in [0.15, 0.2) is 54.6 Å². The summed E-state index contributed by atoms with van der Waals surface area (Å²) in [6, 6.07) is 18.0. The molecule has 0 spiro atoms. The van der Waals surface area contributed by atoms with Crippen molar-refractivity contribution < 1.29 is 14.3 Å². The molecule has 1 N–H and O–H groups in total. The van der Waals surface area contributed by atoms with Crippen LogP contribution < -0.4 is 5.32 Å². The molecule has 0 fully saturated rings. The number of benzene rings is 2. The zero-order valence-corrected chi connectivity index (χ0v) is 22.9. The molecule has 1 atom stereocenters. The van der Waals surface area contributed by atoms with Crippen LogP contribution >= 0.6 is 38.5 Å². The number of hydrogen-bond acceptors (Lipinski definition) is 3. The highest BCUT2D eigenvalue weighted by Crippen LogP contribution is 2.35. The number of ether oxygens (including phenoxy) is 1. The SMILES string of the molecule is CC(C)(CCCC(C)(C(=O)CBr)c1ccc(I)cc1)CCOC(=O)NCc1ccccc1. The average molecular weight is 614 g/mol.